The molecule has 0 saturated carbocycles. The van der Waals surface area contributed by atoms with E-state index in [2.05, 4.69) is 15.3 Å². The Morgan fingerprint density at radius 2 is 2.00 bits per heavy atom. The van der Waals surface area contributed by atoms with E-state index in [0.29, 0.717) is 18.1 Å². The third-order valence-electron chi connectivity index (χ3n) is 2.79. The summed E-state index contributed by atoms with van der Waals surface area (Å²) in [6.07, 6.45) is 1.32. The van der Waals surface area contributed by atoms with Crippen LogP contribution in [0.5, 0.6) is 0 Å². The van der Waals surface area contributed by atoms with E-state index >= 15 is 0 Å². The minimum absolute atomic E-state index is 0.0256. The fourth-order valence-corrected chi connectivity index (χ4v) is 2.55. The van der Waals surface area contributed by atoms with Gasteiger partial charge in [-0.3, -0.25) is 0 Å². The number of nitrogens with one attached hydrogen (secondary N) is 1. The minimum Gasteiger partial charge on any atom is -0.340 e. The van der Waals surface area contributed by atoms with Crippen LogP contribution in [0.2, 0.25) is 5.15 Å². The van der Waals surface area contributed by atoms with Gasteiger partial charge in [-0.1, -0.05) is 17.7 Å². The molecule has 0 fully saturated rings. The second-order valence-electron chi connectivity index (χ2n) is 4.95. The Balaban J connectivity index is 2.44. The molecule has 0 aliphatic rings. The zero-order valence-electron chi connectivity index (χ0n) is 12.1. The summed E-state index contributed by atoms with van der Waals surface area (Å²) in [4.78, 5) is 9.83. The van der Waals surface area contributed by atoms with Crippen LogP contribution < -0.4 is 10.5 Å². The first-order chi connectivity index (χ1) is 10.3. The second-order valence-corrected chi connectivity index (χ2v) is 6.90. The first kappa shape index (κ1) is 16.6. The average Bonchev–Trinajstić information content (AvgIpc) is 2.39. The lowest BCUT2D eigenvalue weighted by molar-refractivity contribution is 0.403. The molecule has 0 unspecified atom stereocenters. The van der Waals surface area contributed by atoms with Crippen LogP contribution in [-0.2, 0) is 16.6 Å². The third-order valence-corrected chi connectivity index (χ3v) is 3.91. The fraction of sp³-hybridized carbons (Fsp3) is 0.231. The largest absolute Gasteiger partial charge is 0.340 e. The van der Waals surface area contributed by atoms with Gasteiger partial charge in [0.25, 0.3) is 0 Å². The molecule has 0 atom stereocenters. The second kappa shape index (κ2) is 6.57. The van der Waals surface area contributed by atoms with Crippen LogP contribution in [0, 0.1) is 0 Å². The van der Waals surface area contributed by atoms with Crippen LogP contribution in [-0.4, -0.2) is 37.4 Å². The van der Waals surface area contributed by atoms with E-state index < -0.39 is 10.0 Å². The number of benzene rings is 1. The summed E-state index contributed by atoms with van der Waals surface area (Å²) in [5.41, 5.74) is 1.49. The molecule has 2 rings (SSSR count). The molecule has 118 valence electrons. The van der Waals surface area contributed by atoms with Crippen molar-refractivity contribution in [3.8, 4) is 0 Å². The van der Waals surface area contributed by atoms with Gasteiger partial charge in [-0.05, 0) is 31.8 Å². The zero-order valence-corrected chi connectivity index (χ0v) is 13.7. The van der Waals surface area contributed by atoms with Crippen LogP contribution in [0.4, 0.5) is 11.5 Å². The van der Waals surface area contributed by atoms with Crippen LogP contribution in [0.25, 0.3) is 0 Å². The Labute approximate surface area is 134 Å². The van der Waals surface area contributed by atoms with Gasteiger partial charge in [0.05, 0.1) is 4.90 Å². The van der Waals surface area contributed by atoms with Gasteiger partial charge in [-0.25, -0.2) is 23.5 Å². The third kappa shape index (κ3) is 4.38. The van der Waals surface area contributed by atoms with E-state index in [1.807, 2.05) is 19.0 Å². The van der Waals surface area contributed by atoms with E-state index in [4.69, 9.17) is 16.7 Å². The van der Waals surface area contributed by atoms with Crippen molar-refractivity contribution in [3.63, 3.8) is 0 Å². The predicted octanol–water partition coefficient (Wildman–Crippen LogP) is 1.58. The smallest absolute Gasteiger partial charge is 0.238 e. The molecule has 0 spiro atoms. The molecule has 0 saturated heterocycles. The standard InChI is InChI=1S/C13H16ClN5O2S/c1-19(2)7-9-3-4-10(22(15,20)21)5-11(9)18-13-6-12(14)16-8-17-13/h3-6,8H,7H2,1-2H3,(H2,15,20,21)(H,16,17,18). The van der Waals surface area contributed by atoms with Crippen molar-refractivity contribution in [1.29, 1.82) is 0 Å². The van der Waals surface area contributed by atoms with Crippen molar-refractivity contribution in [2.24, 2.45) is 5.14 Å². The lowest BCUT2D eigenvalue weighted by atomic mass is 10.1. The quantitative estimate of drug-likeness (QED) is 0.801. The van der Waals surface area contributed by atoms with E-state index in [1.54, 1.807) is 12.1 Å². The zero-order chi connectivity index (χ0) is 16.3. The number of hydrogen-bond donors (Lipinski definition) is 2. The Bertz CT molecular complexity index is 780. The van der Waals surface area contributed by atoms with E-state index in [1.165, 1.54) is 18.5 Å². The fourth-order valence-electron chi connectivity index (χ4n) is 1.87. The predicted molar refractivity (Wildman–Crippen MR) is 85.5 cm³/mol. The van der Waals surface area contributed by atoms with Crippen LogP contribution >= 0.6 is 11.6 Å². The number of primary sulfonamides is 1. The number of halogens is 1. The molecule has 0 bridgehead atoms. The van der Waals surface area contributed by atoms with Crippen molar-refractivity contribution < 1.29 is 8.42 Å². The van der Waals surface area contributed by atoms with E-state index in [-0.39, 0.29) is 10.0 Å². The molecule has 3 N–H and O–H groups in total. The van der Waals surface area contributed by atoms with Gasteiger partial charge in [-0.2, -0.15) is 0 Å². The topological polar surface area (TPSA) is 101 Å². The summed E-state index contributed by atoms with van der Waals surface area (Å²) in [6, 6.07) is 6.21. The van der Waals surface area contributed by atoms with Gasteiger partial charge < -0.3 is 10.2 Å². The summed E-state index contributed by atoms with van der Waals surface area (Å²) in [5, 5.41) is 8.52. The Morgan fingerprint density at radius 3 is 2.59 bits per heavy atom. The van der Waals surface area contributed by atoms with Gasteiger partial charge in [0.15, 0.2) is 0 Å². The maximum Gasteiger partial charge on any atom is 0.238 e. The molecular weight excluding hydrogens is 326 g/mol. The Hall–Kier alpha value is -1.74. The molecule has 1 aromatic carbocycles. The lowest BCUT2D eigenvalue weighted by Crippen LogP contribution is -2.15. The van der Waals surface area contributed by atoms with Gasteiger partial charge in [0.2, 0.25) is 10.0 Å². The highest BCUT2D eigenvalue weighted by molar-refractivity contribution is 7.89. The molecule has 0 amide bonds. The SMILES string of the molecule is CN(C)Cc1ccc(S(N)(=O)=O)cc1Nc1cc(Cl)ncn1. The summed E-state index contributed by atoms with van der Waals surface area (Å²) in [5.74, 6) is 0.464. The molecule has 0 aliphatic carbocycles. The normalized spacial score (nSPS) is 11.7. The molecular formula is C13H16ClN5O2S. The monoisotopic (exact) mass is 341 g/mol. The molecule has 1 aromatic heterocycles. The first-order valence-electron chi connectivity index (χ1n) is 6.31. The lowest BCUT2D eigenvalue weighted by Gasteiger charge is -2.16. The number of aromatic nitrogens is 2. The maximum absolute atomic E-state index is 11.5. The number of nitrogens with zero attached hydrogens (tertiary/aromatic N) is 3. The van der Waals surface area contributed by atoms with Crippen molar-refractivity contribution in [3.05, 3.63) is 41.3 Å². The Kier molecular flexibility index (Phi) is 4.97. The highest BCUT2D eigenvalue weighted by Crippen LogP contribution is 2.25. The molecule has 2 aromatic rings. The van der Waals surface area contributed by atoms with Crippen LogP contribution in [0.15, 0.2) is 35.5 Å². The molecule has 0 aliphatic heterocycles. The van der Waals surface area contributed by atoms with Gasteiger partial charge >= 0.3 is 0 Å². The summed E-state index contributed by atoms with van der Waals surface area (Å²) >= 11 is 5.82. The van der Waals surface area contributed by atoms with Crippen molar-refractivity contribution in [1.82, 2.24) is 14.9 Å². The van der Waals surface area contributed by atoms with Gasteiger partial charge in [0, 0.05) is 18.3 Å². The highest BCUT2D eigenvalue weighted by Gasteiger charge is 2.13. The van der Waals surface area contributed by atoms with Crippen molar-refractivity contribution >= 4 is 33.1 Å². The van der Waals surface area contributed by atoms with E-state index in [9.17, 15) is 8.42 Å². The number of anilines is 2. The number of hydrogen-bond acceptors (Lipinski definition) is 6. The number of sulfonamides is 1. The average molecular weight is 342 g/mol. The Morgan fingerprint density at radius 1 is 1.27 bits per heavy atom. The maximum atomic E-state index is 11.5. The number of rotatable bonds is 5. The molecule has 22 heavy (non-hydrogen) atoms. The van der Waals surface area contributed by atoms with Gasteiger partial charge in [-0.15, -0.1) is 0 Å². The molecule has 1 heterocycles. The number of nitrogens with two attached hydrogens (primary N) is 1. The van der Waals surface area contributed by atoms with Crippen LogP contribution in [0.1, 0.15) is 5.56 Å². The molecule has 7 nitrogen and oxygen atoms in total. The summed E-state index contributed by atoms with van der Waals surface area (Å²) in [6.45, 7) is 0.617. The molecule has 0 radical (unpaired) electrons. The minimum atomic E-state index is -3.78. The summed E-state index contributed by atoms with van der Waals surface area (Å²) < 4.78 is 23.0. The van der Waals surface area contributed by atoms with Crippen LogP contribution in [0.3, 0.4) is 0 Å². The van der Waals surface area contributed by atoms with Gasteiger partial charge in [0.1, 0.15) is 17.3 Å². The van der Waals surface area contributed by atoms with Crippen molar-refractivity contribution in [2.45, 2.75) is 11.4 Å². The highest BCUT2D eigenvalue weighted by atomic mass is 35.5. The van der Waals surface area contributed by atoms with Crippen molar-refractivity contribution in [2.75, 3.05) is 19.4 Å². The molecule has 9 heteroatoms. The summed E-state index contributed by atoms with van der Waals surface area (Å²) in [7, 11) is 0.0478. The first-order valence-corrected chi connectivity index (χ1v) is 8.23. The van der Waals surface area contributed by atoms with E-state index in [0.717, 1.165) is 5.56 Å².